The number of amides is 1. The Hall–Kier alpha value is -4.45. The van der Waals surface area contributed by atoms with Gasteiger partial charge in [0.05, 0.1) is 29.2 Å². The van der Waals surface area contributed by atoms with Crippen LogP contribution in [0.15, 0.2) is 63.8 Å². The molecule has 0 radical (unpaired) electrons. The van der Waals surface area contributed by atoms with Gasteiger partial charge in [-0.2, -0.15) is 0 Å². The fourth-order valence-electron chi connectivity index (χ4n) is 6.93. The third kappa shape index (κ3) is 3.33. The van der Waals surface area contributed by atoms with Gasteiger partial charge in [0, 0.05) is 16.9 Å². The Morgan fingerprint density at radius 1 is 1.07 bits per heavy atom. The van der Waals surface area contributed by atoms with Crippen LogP contribution in [-0.4, -0.2) is 79.7 Å². The molecule has 3 aliphatic rings. The number of aliphatic hydroxyl groups is 4. The average Bonchev–Trinajstić information content (AvgIpc) is 3.34. The van der Waals surface area contributed by atoms with Crippen LogP contribution < -0.4 is 5.73 Å². The van der Waals surface area contributed by atoms with Crippen LogP contribution in [0.5, 0.6) is 5.75 Å². The van der Waals surface area contributed by atoms with Crippen molar-refractivity contribution in [2.75, 3.05) is 14.1 Å². The smallest absolute Gasteiger partial charge is 0.255 e. The molecule has 0 spiro atoms. The third-order valence-corrected chi connectivity index (χ3v) is 8.82. The van der Waals surface area contributed by atoms with Gasteiger partial charge in [0.2, 0.25) is 5.78 Å². The third-order valence-electron chi connectivity index (χ3n) is 8.82. The summed E-state index contributed by atoms with van der Waals surface area (Å²) in [5, 5.41) is 58.2. The van der Waals surface area contributed by atoms with E-state index >= 15 is 0 Å². The van der Waals surface area contributed by atoms with Gasteiger partial charge in [-0.25, -0.2) is 0 Å². The predicted molar refractivity (Wildman–Crippen MR) is 146 cm³/mol. The van der Waals surface area contributed by atoms with Gasteiger partial charge < -0.3 is 35.7 Å². The zero-order valence-electron chi connectivity index (χ0n) is 22.3. The van der Waals surface area contributed by atoms with Crippen molar-refractivity contribution in [2.45, 2.75) is 30.6 Å². The van der Waals surface area contributed by atoms with Crippen molar-refractivity contribution in [3.8, 4) is 17.1 Å². The molecule has 0 aliphatic heterocycles. The summed E-state index contributed by atoms with van der Waals surface area (Å²) in [7, 11) is 2.92. The van der Waals surface area contributed by atoms with Gasteiger partial charge in [-0.15, -0.1) is 0 Å². The van der Waals surface area contributed by atoms with Crippen LogP contribution in [0.1, 0.15) is 24.0 Å². The van der Waals surface area contributed by atoms with Crippen molar-refractivity contribution >= 4 is 34.2 Å². The number of hydrogen-bond acceptors (Lipinski definition) is 10. The van der Waals surface area contributed by atoms with Crippen molar-refractivity contribution in [1.29, 1.82) is 0 Å². The Kier molecular flexibility index (Phi) is 5.73. The van der Waals surface area contributed by atoms with Crippen LogP contribution in [0.3, 0.4) is 0 Å². The van der Waals surface area contributed by atoms with Gasteiger partial charge in [-0.3, -0.25) is 19.3 Å². The monoisotopic (exact) mass is 560 g/mol. The van der Waals surface area contributed by atoms with Crippen molar-refractivity contribution in [2.24, 2.45) is 17.6 Å². The van der Waals surface area contributed by atoms with Crippen LogP contribution in [0, 0.1) is 11.8 Å². The quantitative estimate of drug-likeness (QED) is 0.258. The minimum atomic E-state index is -2.96. The topological polar surface area (TPSA) is 195 Å². The van der Waals surface area contributed by atoms with E-state index in [9.17, 15) is 39.9 Å². The first-order valence-corrected chi connectivity index (χ1v) is 13.0. The van der Waals surface area contributed by atoms with Crippen LogP contribution in [-0.2, 0) is 14.4 Å². The Labute approximate surface area is 233 Å². The molecule has 0 unspecified atom stereocenters. The second-order valence-electron chi connectivity index (χ2n) is 11.1. The van der Waals surface area contributed by atoms with Crippen molar-refractivity contribution in [1.82, 2.24) is 4.90 Å². The molecule has 212 valence electrons. The standard InChI is InChI=1S/C30H28N2O9/c1-11-13-8-9-14(16-10-12-6-4-5-7-15(12)41-16)23(33)18(13)24(34)19-17(11)25(35)21-22(32(2)3)26(36)20(29(31)39)28(38)30(21,40)27(19)37/h4-11,17,21-22,25,33-35,38,40H,1-3H3,(H2,31,39)/t11-,17+,21+,22-,25-,30-/m0/s1. The number of carbonyl (C=O) groups excluding carboxylic acids is 3. The Morgan fingerprint density at radius 3 is 2.39 bits per heavy atom. The molecule has 1 heterocycles. The summed E-state index contributed by atoms with van der Waals surface area (Å²) in [6.07, 6.45) is -1.65. The zero-order chi connectivity index (χ0) is 29.7. The fourth-order valence-corrected chi connectivity index (χ4v) is 6.93. The summed E-state index contributed by atoms with van der Waals surface area (Å²) in [4.78, 5) is 40.9. The molecule has 7 N–H and O–H groups in total. The lowest BCUT2D eigenvalue weighted by molar-refractivity contribution is -0.169. The minimum Gasteiger partial charge on any atom is -0.508 e. The number of likely N-dealkylation sites (N-methyl/N-ethyl adjacent to an activating group) is 1. The highest BCUT2D eigenvalue weighted by Crippen LogP contribution is 2.57. The van der Waals surface area contributed by atoms with Crippen molar-refractivity contribution < 1.29 is 44.3 Å². The molecule has 3 aliphatic carbocycles. The molecular formula is C30H28N2O9. The summed E-state index contributed by atoms with van der Waals surface area (Å²) in [5.74, 6) is -9.02. The maximum atomic E-state index is 14.1. The number of phenolic OH excluding ortho intramolecular Hbond substituents is 1. The lowest BCUT2D eigenvalue weighted by Gasteiger charge is -2.53. The van der Waals surface area contributed by atoms with E-state index in [0.717, 1.165) is 5.39 Å². The largest absolute Gasteiger partial charge is 0.508 e. The molecule has 11 heteroatoms. The number of rotatable bonds is 3. The van der Waals surface area contributed by atoms with Gasteiger partial charge in [0.1, 0.15) is 34.2 Å². The van der Waals surface area contributed by atoms with E-state index in [-0.39, 0.29) is 11.1 Å². The number of aliphatic hydroxyl groups excluding tert-OH is 3. The second kappa shape index (κ2) is 8.77. The Bertz CT molecular complexity index is 1720. The molecule has 0 saturated heterocycles. The molecule has 3 aromatic rings. The number of benzene rings is 2. The van der Waals surface area contributed by atoms with E-state index in [2.05, 4.69) is 0 Å². The molecule has 6 rings (SSSR count). The summed E-state index contributed by atoms with van der Waals surface area (Å²) in [6, 6.07) is 10.8. The average molecular weight is 561 g/mol. The Morgan fingerprint density at radius 2 is 1.76 bits per heavy atom. The first kappa shape index (κ1) is 26.8. The highest BCUT2D eigenvalue weighted by molar-refractivity contribution is 6.24. The van der Waals surface area contributed by atoms with E-state index < -0.39 is 81.4 Å². The predicted octanol–water partition coefficient (Wildman–Crippen LogP) is 1.91. The number of carbonyl (C=O) groups is 3. The molecule has 41 heavy (non-hydrogen) atoms. The Balaban J connectivity index is 1.59. The molecule has 2 aromatic carbocycles. The van der Waals surface area contributed by atoms with Gasteiger partial charge in [0.15, 0.2) is 11.4 Å². The molecule has 1 amide bonds. The lowest BCUT2D eigenvalue weighted by atomic mass is 9.54. The number of phenols is 1. The van der Waals surface area contributed by atoms with E-state index in [1.54, 1.807) is 37.3 Å². The van der Waals surface area contributed by atoms with Gasteiger partial charge in [-0.1, -0.05) is 31.2 Å². The highest BCUT2D eigenvalue weighted by Gasteiger charge is 2.68. The zero-order valence-corrected chi connectivity index (χ0v) is 22.3. The lowest BCUT2D eigenvalue weighted by Crippen LogP contribution is -2.70. The van der Waals surface area contributed by atoms with Gasteiger partial charge in [0.25, 0.3) is 5.91 Å². The first-order valence-electron chi connectivity index (χ1n) is 13.0. The van der Waals surface area contributed by atoms with Crippen LogP contribution in [0.2, 0.25) is 0 Å². The number of Topliss-reactive ketones (excluding diaryl/α,β-unsaturated/α-hetero) is 2. The van der Waals surface area contributed by atoms with E-state index in [1.807, 2.05) is 12.1 Å². The molecule has 1 aromatic heterocycles. The number of furan rings is 1. The second-order valence-corrected chi connectivity index (χ2v) is 11.1. The summed E-state index contributed by atoms with van der Waals surface area (Å²) in [6.45, 7) is 1.68. The fraction of sp³-hybridized carbons (Fsp3) is 0.300. The van der Waals surface area contributed by atoms with E-state index in [0.29, 0.717) is 16.9 Å². The van der Waals surface area contributed by atoms with Crippen molar-refractivity contribution in [3.63, 3.8) is 0 Å². The molecule has 6 atom stereocenters. The molecular weight excluding hydrogens is 532 g/mol. The molecule has 11 nitrogen and oxygen atoms in total. The number of fused-ring (bicyclic) bond motifs is 4. The number of nitrogens with two attached hydrogens (primary N) is 1. The first-order chi connectivity index (χ1) is 19.3. The number of ketones is 2. The number of nitrogens with zero attached hydrogens (tertiary/aromatic N) is 1. The van der Waals surface area contributed by atoms with Crippen molar-refractivity contribution in [3.05, 3.63) is 70.5 Å². The number of para-hydroxylation sites is 1. The maximum Gasteiger partial charge on any atom is 0.255 e. The highest BCUT2D eigenvalue weighted by atomic mass is 16.4. The SMILES string of the molecule is C[C@H]1c2ccc(-c3cc4ccccc4o3)c(O)c2C(O)=C2C(=O)[C@]3(O)C(O)=C(C(N)=O)C(=O)[C@@H](N(C)C)[C@@H]3[C@@H](O)[C@@H]21. The van der Waals surface area contributed by atoms with E-state index in [1.165, 1.54) is 19.0 Å². The van der Waals surface area contributed by atoms with Crippen LogP contribution in [0.4, 0.5) is 0 Å². The summed E-state index contributed by atoms with van der Waals surface area (Å²) < 4.78 is 5.89. The molecule has 1 fully saturated rings. The minimum absolute atomic E-state index is 0.0982. The summed E-state index contributed by atoms with van der Waals surface area (Å²) in [5.41, 5.74) is 2.10. The molecule has 1 saturated carbocycles. The molecule has 0 bridgehead atoms. The maximum absolute atomic E-state index is 14.1. The summed E-state index contributed by atoms with van der Waals surface area (Å²) >= 11 is 0. The van der Waals surface area contributed by atoms with Gasteiger partial charge in [-0.05, 0) is 43.8 Å². The van der Waals surface area contributed by atoms with Crippen LogP contribution >= 0.6 is 0 Å². The van der Waals surface area contributed by atoms with Crippen LogP contribution in [0.25, 0.3) is 28.1 Å². The number of primary amides is 1. The van der Waals surface area contributed by atoms with Gasteiger partial charge >= 0.3 is 0 Å². The number of hydrogen-bond donors (Lipinski definition) is 6. The number of aromatic hydroxyl groups is 1. The normalized spacial score (nSPS) is 29.6. The van der Waals surface area contributed by atoms with E-state index in [4.69, 9.17) is 10.2 Å².